The van der Waals surface area contributed by atoms with Crippen LogP contribution in [0.4, 0.5) is 17.1 Å². The fraction of sp³-hybridized carbons (Fsp3) is 0.265. The van der Waals surface area contributed by atoms with Crippen molar-refractivity contribution >= 4 is 57.4 Å². The van der Waals surface area contributed by atoms with Crippen LogP contribution in [0.3, 0.4) is 0 Å². The average Bonchev–Trinajstić information content (AvgIpc) is 3.67. The standard InChI is InChI=1S/C49H49NOSi/c1-47(2,3)30-26-39(48(4,5)6)45-42(27-30)51-41-20-15-19-40(46(41)45)50(31-22-24-34-33-16-11-13-18-37(33)49(7,8)38(34)28-31)32-23-25-36-35-17-12-14-21-43(35)52(9,10)44(36)29-32/h11-29H,1-10H3. The van der Waals surface area contributed by atoms with Crippen molar-refractivity contribution < 1.29 is 4.42 Å². The SMILES string of the molecule is CC(C)(C)c1cc(C(C)(C)C)c2c(c1)oc1cccc(N(c3ccc4c(c3)C(C)(C)c3ccccc3-4)c3ccc4c(c3)[Si](C)(C)c3ccccc3-4)c12. The van der Waals surface area contributed by atoms with Gasteiger partial charge >= 0.3 is 0 Å². The lowest BCUT2D eigenvalue weighted by Crippen LogP contribution is -2.49. The molecule has 0 saturated carbocycles. The Balaban J connectivity index is 1.35. The minimum Gasteiger partial charge on any atom is -0.456 e. The molecule has 7 aromatic rings. The van der Waals surface area contributed by atoms with Crippen LogP contribution in [-0.2, 0) is 16.2 Å². The lowest BCUT2D eigenvalue weighted by molar-refractivity contribution is 0.569. The van der Waals surface area contributed by atoms with Gasteiger partial charge in [0.1, 0.15) is 19.2 Å². The molecule has 1 aliphatic heterocycles. The largest absolute Gasteiger partial charge is 0.456 e. The van der Waals surface area contributed by atoms with E-state index < -0.39 is 8.07 Å². The summed E-state index contributed by atoms with van der Waals surface area (Å²) in [5, 5.41) is 5.41. The number of hydrogen-bond donors (Lipinski definition) is 0. The van der Waals surface area contributed by atoms with E-state index in [1.165, 1.54) is 77.0 Å². The van der Waals surface area contributed by atoms with E-state index in [1.807, 2.05) is 0 Å². The molecule has 0 radical (unpaired) electrons. The van der Waals surface area contributed by atoms with Gasteiger partial charge in [-0.2, -0.15) is 0 Å². The molecule has 0 bridgehead atoms. The van der Waals surface area contributed by atoms with Crippen LogP contribution in [0.1, 0.15) is 77.6 Å². The maximum Gasteiger partial charge on any atom is 0.137 e. The summed E-state index contributed by atoms with van der Waals surface area (Å²) in [6, 6.07) is 43.7. The van der Waals surface area contributed by atoms with Gasteiger partial charge in [-0.05, 0) is 108 Å². The van der Waals surface area contributed by atoms with E-state index >= 15 is 0 Å². The first-order valence-corrected chi connectivity index (χ1v) is 21.9. The van der Waals surface area contributed by atoms with Crippen LogP contribution in [0.15, 0.2) is 120 Å². The zero-order valence-corrected chi connectivity index (χ0v) is 33.3. The second kappa shape index (κ2) is 10.8. The van der Waals surface area contributed by atoms with Gasteiger partial charge in [-0.15, -0.1) is 0 Å². The second-order valence-electron chi connectivity index (χ2n) is 18.3. The van der Waals surface area contributed by atoms with Crippen molar-refractivity contribution in [2.75, 3.05) is 4.90 Å². The Bertz CT molecular complexity index is 2500. The first-order chi connectivity index (χ1) is 24.6. The Morgan fingerprint density at radius 3 is 1.90 bits per heavy atom. The van der Waals surface area contributed by atoms with Crippen LogP contribution < -0.4 is 15.3 Å². The highest BCUT2D eigenvalue weighted by molar-refractivity contribution is 7.03. The fourth-order valence-electron chi connectivity index (χ4n) is 9.23. The van der Waals surface area contributed by atoms with Gasteiger partial charge in [0.05, 0.1) is 11.1 Å². The fourth-order valence-corrected chi connectivity index (χ4v) is 12.3. The highest BCUT2D eigenvalue weighted by atomic mass is 28.3. The molecule has 52 heavy (non-hydrogen) atoms. The molecular formula is C49H49NOSi. The van der Waals surface area contributed by atoms with E-state index in [9.17, 15) is 0 Å². The summed E-state index contributed by atoms with van der Waals surface area (Å²) in [4.78, 5) is 2.52. The van der Waals surface area contributed by atoms with Crippen LogP contribution in [0, 0.1) is 0 Å². The summed E-state index contributed by atoms with van der Waals surface area (Å²) in [6.45, 7) is 23.6. The topological polar surface area (TPSA) is 16.4 Å². The van der Waals surface area contributed by atoms with Gasteiger partial charge in [-0.25, -0.2) is 0 Å². The Morgan fingerprint density at radius 2 is 1.17 bits per heavy atom. The zero-order valence-electron chi connectivity index (χ0n) is 32.3. The Labute approximate surface area is 310 Å². The highest BCUT2D eigenvalue weighted by Crippen LogP contribution is 2.52. The smallest absolute Gasteiger partial charge is 0.137 e. The molecule has 2 heterocycles. The molecule has 2 aliphatic rings. The van der Waals surface area contributed by atoms with Gasteiger partial charge in [0, 0.05) is 22.2 Å². The zero-order chi connectivity index (χ0) is 36.5. The first-order valence-electron chi connectivity index (χ1n) is 18.9. The molecule has 260 valence electrons. The maximum atomic E-state index is 6.87. The minimum absolute atomic E-state index is 0.00445. The summed E-state index contributed by atoms with van der Waals surface area (Å²) < 4.78 is 6.87. The Morgan fingerprint density at radius 1 is 0.538 bits per heavy atom. The number of anilines is 3. The van der Waals surface area contributed by atoms with Gasteiger partial charge in [-0.1, -0.05) is 141 Å². The molecule has 0 atom stereocenters. The first kappa shape index (κ1) is 33.0. The van der Waals surface area contributed by atoms with Crippen molar-refractivity contribution in [1.29, 1.82) is 0 Å². The van der Waals surface area contributed by atoms with E-state index in [0.29, 0.717) is 0 Å². The molecular weight excluding hydrogens is 647 g/mol. The predicted octanol–water partition coefficient (Wildman–Crippen LogP) is 12.8. The van der Waals surface area contributed by atoms with E-state index in [0.717, 1.165) is 16.9 Å². The van der Waals surface area contributed by atoms with E-state index in [1.54, 1.807) is 0 Å². The Kier molecular flexibility index (Phi) is 6.88. The molecule has 2 nitrogen and oxygen atoms in total. The third-order valence-electron chi connectivity index (χ3n) is 12.1. The van der Waals surface area contributed by atoms with Crippen molar-refractivity contribution in [3.05, 3.63) is 138 Å². The highest BCUT2D eigenvalue weighted by Gasteiger charge is 2.39. The predicted molar refractivity (Wildman–Crippen MR) is 226 cm³/mol. The van der Waals surface area contributed by atoms with Crippen LogP contribution in [-0.4, -0.2) is 8.07 Å². The van der Waals surface area contributed by atoms with Gasteiger partial charge in [0.25, 0.3) is 0 Å². The summed E-state index contributed by atoms with van der Waals surface area (Å²) >= 11 is 0. The maximum absolute atomic E-state index is 6.87. The van der Waals surface area contributed by atoms with Crippen molar-refractivity contribution in [3.63, 3.8) is 0 Å². The molecule has 0 fully saturated rings. The number of furan rings is 1. The van der Waals surface area contributed by atoms with E-state index in [2.05, 4.69) is 189 Å². The van der Waals surface area contributed by atoms with Gasteiger partial charge in [0.15, 0.2) is 0 Å². The molecule has 6 aromatic carbocycles. The van der Waals surface area contributed by atoms with Crippen LogP contribution in [0.5, 0.6) is 0 Å². The van der Waals surface area contributed by atoms with Crippen molar-refractivity contribution in [3.8, 4) is 22.3 Å². The van der Waals surface area contributed by atoms with Crippen LogP contribution in [0.2, 0.25) is 13.1 Å². The summed E-state index contributed by atoms with van der Waals surface area (Å²) in [6.07, 6.45) is 0. The molecule has 1 aliphatic carbocycles. The molecule has 9 rings (SSSR count). The average molecular weight is 696 g/mol. The minimum atomic E-state index is -1.93. The van der Waals surface area contributed by atoms with Crippen molar-refractivity contribution in [2.24, 2.45) is 0 Å². The molecule has 0 saturated heterocycles. The molecule has 0 spiro atoms. The summed E-state index contributed by atoms with van der Waals surface area (Å²) in [7, 11) is -1.93. The summed E-state index contributed by atoms with van der Waals surface area (Å²) in [5.74, 6) is 0. The van der Waals surface area contributed by atoms with Crippen molar-refractivity contribution in [2.45, 2.75) is 84.7 Å². The monoisotopic (exact) mass is 695 g/mol. The number of nitrogens with zero attached hydrogens (tertiary/aromatic N) is 1. The van der Waals surface area contributed by atoms with Gasteiger partial charge in [0.2, 0.25) is 0 Å². The van der Waals surface area contributed by atoms with Gasteiger partial charge in [-0.3, -0.25) is 0 Å². The van der Waals surface area contributed by atoms with Crippen molar-refractivity contribution in [1.82, 2.24) is 0 Å². The molecule has 3 heteroatoms. The van der Waals surface area contributed by atoms with Crippen LogP contribution in [0.25, 0.3) is 44.2 Å². The third kappa shape index (κ3) is 4.68. The number of rotatable bonds is 3. The van der Waals surface area contributed by atoms with E-state index in [-0.39, 0.29) is 16.2 Å². The second-order valence-corrected chi connectivity index (χ2v) is 22.6. The summed E-state index contributed by atoms with van der Waals surface area (Å²) in [5.41, 5.74) is 16.0. The number of benzene rings is 6. The van der Waals surface area contributed by atoms with Gasteiger partial charge < -0.3 is 9.32 Å². The third-order valence-corrected chi connectivity index (χ3v) is 15.7. The molecule has 0 amide bonds. The van der Waals surface area contributed by atoms with Crippen LogP contribution >= 0.6 is 0 Å². The quantitative estimate of drug-likeness (QED) is 0.171. The number of hydrogen-bond acceptors (Lipinski definition) is 2. The lowest BCUT2D eigenvalue weighted by Gasteiger charge is -2.30. The van der Waals surface area contributed by atoms with E-state index in [4.69, 9.17) is 4.42 Å². The Hall–Kier alpha value is -4.86. The number of fused-ring (bicyclic) bond motifs is 9. The molecule has 0 N–H and O–H groups in total. The molecule has 0 unspecified atom stereocenters. The normalized spacial score (nSPS) is 15.4. The molecule has 1 aromatic heterocycles. The lowest BCUT2D eigenvalue weighted by atomic mass is 9.78.